The zero-order chi connectivity index (χ0) is 20.1. The summed E-state index contributed by atoms with van der Waals surface area (Å²) in [5.41, 5.74) is 3.28. The van der Waals surface area contributed by atoms with Crippen molar-refractivity contribution in [2.24, 2.45) is 11.8 Å². The summed E-state index contributed by atoms with van der Waals surface area (Å²) in [6.45, 7) is 7.13. The second-order valence-electron chi connectivity index (χ2n) is 9.36. The fourth-order valence-electron chi connectivity index (χ4n) is 4.92. The highest BCUT2D eigenvalue weighted by Crippen LogP contribution is 2.36. The van der Waals surface area contributed by atoms with Crippen molar-refractivity contribution in [1.29, 1.82) is 0 Å². The van der Waals surface area contributed by atoms with Crippen LogP contribution in [0.5, 0.6) is 0 Å². The first-order valence-corrected chi connectivity index (χ1v) is 11.2. The van der Waals surface area contributed by atoms with Crippen LogP contribution in [-0.4, -0.2) is 49.9 Å². The number of likely N-dealkylation sites (tertiary alicyclic amines) is 1. The summed E-state index contributed by atoms with van der Waals surface area (Å²) in [5.74, 6) is 0.902. The number of nitrogens with zero attached hydrogens (tertiary/aromatic N) is 4. The van der Waals surface area contributed by atoms with E-state index in [2.05, 4.69) is 16.1 Å². The van der Waals surface area contributed by atoms with Crippen molar-refractivity contribution in [2.75, 3.05) is 19.6 Å². The van der Waals surface area contributed by atoms with E-state index in [9.17, 15) is 9.59 Å². The maximum absolute atomic E-state index is 13.2. The highest BCUT2D eigenvalue weighted by atomic mass is 16.2. The molecule has 29 heavy (non-hydrogen) atoms. The Morgan fingerprint density at radius 1 is 1.24 bits per heavy atom. The van der Waals surface area contributed by atoms with E-state index in [0.717, 1.165) is 30.3 Å². The third-order valence-corrected chi connectivity index (χ3v) is 6.75. The second kappa shape index (κ2) is 7.27. The van der Waals surface area contributed by atoms with E-state index in [4.69, 9.17) is 4.98 Å². The predicted molar refractivity (Wildman–Crippen MR) is 111 cm³/mol. The fraction of sp³-hybridized carbons (Fsp3) is 0.682. The molecule has 0 radical (unpaired) electrons. The molecule has 2 aromatic heterocycles. The number of aromatic amines is 1. The van der Waals surface area contributed by atoms with Crippen LogP contribution in [0.15, 0.2) is 10.9 Å². The minimum atomic E-state index is -0.0585. The molecular formula is C22H31N5O2. The van der Waals surface area contributed by atoms with Crippen molar-refractivity contribution in [3.63, 3.8) is 0 Å². The van der Waals surface area contributed by atoms with Crippen LogP contribution in [0.1, 0.15) is 68.9 Å². The van der Waals surface area contributed by atoms with Crippen molar-refractivity contribution in [1.82, 2.24) is 24.4 Å². The molecule has 3 aliphatic rings. The molecule has 1 atom stereocenters. The molecular weight excluding hydrogens is 366 g/mol. The molecule has 1 saturated carbocycles. The molecule has 1 aliphatic carbocycles. The lowest BCUT2D eigenvalue weighted by Crippen LogP contribution is -2.42. The molecule has 1 N–H and O–H groups in total. The van der Waals surface area contributed by atoms with Gasteiger partial charge in [0.1, 0.15) is 0 Å². The number of hydrogen-bond donors (Lipinski definition) is 1. The molecule has 2 aliphatic heterocycles. The summed E-state index contributed by atoms with van der Waals surface area (Å²) in [4.78, 5) is 34.8. The topological polar surface area (TPSA) is 73.7 Å². The Kier molecular flexibility index (Phi) is 4.73. The Morgan fingerprint density at radius 3 is 2.83 bits per heavy atom. The lowest BCUT2D eigenvalue weighted by molar-refractivity contribution is -0.135. The van der Waals surface area contributed by atoms with Crippen LogP contribution in [-0.2, 0) is 17.8 Å². The average molecular weight is 398 g/mol. The predicted octanol–water partition coefficient (Wildman–Crippen LogP) is 2.50. The number of H-pyrrole nitrogens is 1. The number of rotatable bonds is 4. The van der Waals surface area contributed by atoms with Crippen LogP contribution in [0.2, 0.25) is 0 Å². The van der Waals surface area contributed by atoms with Gasteiger partial charge in [0, 0.05) is 31.5 Å². The van der Waals surface area contributed by atoms with Crippen LogP contribution >= 0.6 is 0 Å². The summed E-state index contributed by atoms with van der Waals surface area (Å²) in [6, 6.07) is 2.42. The van der Waals surface area contributed by atoms with E-state index >= 15 is 0 Å². The number of nitrogens with one attached hydrogen (secondary N) is 1. The monoisotopic (exact) mass is 397 g/mol. The number of fused-ring (bicyclic) bond motifs is 2. The third kappa shape index (κ3) is 3.50. The van der Waals surface area contributed by atoms with Crippen molar-refractivity contribution in [3.05, 3.63) is 33.4 Å². The van der Waals surface area contributed by atoms with Gasteiger partial charge in [-0.2, -0.15) is 0 Å². The van der Waals surface area contributed by atoms with Gasteiger partial charge in [0.15, 0.2) is 5.65 Å². The molecule has 5 rings (SSSR count). The van der Waals surface area contributed by atoms with Gasteiger partial charge in [-0.15, -0.1) is 0 Å². The van der Waals surface area contributed by atoms with Gasteiger partial charge in [-0.05, 0) is 38.1 Å². The second-order valence-corrected chi connectivity index (χ2v) is 9.36. The molecule has 7 heteroatoms. The molecule has 1 unspecified atom stereocenters. The molecule has 1 saturated heterocycles. The number of hydrogen-bond acceptors (Lipinski definition) is 4. The third-order valence-electron chi connectivity index (χ3n) is 6.75. The summed E-state index contributed by atoms with van der Waals surface area (Å²) in [7, 11) is 0. The molecule has 4 heterocycles. The summed E-state index contributed by atoms with van der Waals surface area (Å²) < 4.78 is 1.60. The van der Waals surface area contributed by atoms with Gasteiger partial charge in [-0.25, -0.2) is 9.50 Å². The molecule has 1 amide bonds. The summed E-state index contributed by atoms with van der Waals surface area (Å²) in [6.07, 6.45) is 6.98. The first kappa shape index (κ1) is 18.9. The summed E-state index contributed by atoms with van der Waals surface area (Å²) in [5, 5.41) is 3.37. The van der Waals surface area contributed by atoms with Crippen LogP contribution < -0.4 is 5.56 Å². The van der Waals surface area contributed by atoms with E-state index in [-0.39, 0.29) is 17.4 Å². The lowest BCUT2D eigenvalue weighted by Gasteiger charge is -2.35. The van der Waals surface area contributed by atoms with Gasteiger partial charge in [0.25, 0.3) is 5.56 Å². The van der Waals surface area contributed by atoms with Crippen LogP contribution in [0.3, 0.4) is 0 Å². The Hall–Kier alpha value is -2.15. The smallest absolute Gasteiger partial charge is 0.277 e. The van der Waals surface area contributed by atoms with Crippen LogP contribution in [0.4, 0.5) is 0 Å². The minimum Gasteiger partial charge on any atom is -0.337 e. The molecule has 2 aromatic rings. The Balaban J connectivity index is 1.47. The maximum Gasteiger partial charge on any atom is 0.277 e. The summed E-state index contributed by atoms with van der Waals surface area (Å²) >= 11 is 0. The van der Waals surface area contributed by atoms with E-state index in [1.165, 1.54) is 32.2 Å². The quantitative estimate of drug-likeness (QED) is 0.860. The zero-order valence-corrected chi connectivity index (χ0v) is 17.5. The largest absolute Gasteiger partial charge is 0.337 e. The number of carbonyl (C=O) groups is 1. The van der Waals surface area contributed by atoms with Gasteiger partial charge in [0.2, 0.25) is 5.91 Å². The van der Waals surface area contributed by atoms with Crippen molar-refractivity contribution in [2.45, 2.75) is 65.0 Å². The maximum atomic E-state index is 13.2. The van der Waals surface area contributed by atoms with Gasteiger partial charge in [-0.3, -0.25) is 19.6 Å². The Morgan fingerprint density at radius 2 is 2.07 bits per heavy atom. The SMILES string of the molecule is CC(C)C(=O)N1CCc2nc3cc(C4CCCCN4CC4CC4)[nH]n3c(=O)c2C1. The highest BCUT2D eigenvalue weighted by Gasteiger charge is 2.32. The van der Waals surface area contributed by atoms with E-state index in [0.29, 0.717) is 36.8 Å². The first-order valence-electron chi connectivity index (χ1n) is 11.2. The highest BCUT2D eigenvalue weighted by molar-refractivity contribution is 5.78. The minimum absolute atomic E-state index is 0.0536. The normalized spacial score (nSPS) is 23.0. The Bertz CT molecular complexity index is 987. The number of aromatic nitrogens is 3. The number of amides is 1. The molecule has 7 nitrogen and oxygen atoms in total. The molecule has 0 bridgehead atoms. The van der Waals surface area contributed by atoms with E-state index < -0.39 is 0 Å². The fourth-order valence-corrected chi connectivity index (χ4v) is 4.92. The molecule has 0 aromatic carbocycles. The lowest BCUT2D eigenvalue weighted by atomic mass is 9.99. The van der Waals surface area contributed by atoms with Crippen molar-refractivity contribution in [3.8, 4) is 0 Å². The van der Waals surface area contributed by atoms with Gasteiger partial charge >= 0.3 is 0 Å². The first-order chi connectivity index (χ1) is 14.0. The van der Waals surface area contributed by atoms with Gasteiger partial charge in [0.05, 0.1) is 29.5 Å². The van der Waals surface area contributed by atoms with Crippen LogP contribution in [0, 0.1) is 11.8 Å². The average Bonchev–Trinajstić information content (AvgIpc) is 3.43. The zero-order valence-electron chi connectivity index (χ0n) is 17.5. The van der Waals surface area contributed by atoms with Crippen molar-refractivity contribution >= 4 is 11.6 Å². The standard InChI is InChI=1S/C22H31N5O2/c1-14(2)21(28)26-10-8-17-16(13-26)22(29)27-20(23-17)11-18(24-27)19-5-3-4-9-25(19)12-15-6-7-15/h11,14-15,19,24H,3-10,12-13H2,1-2H3. The number of carbonyl (C=O) groups excluding carboxylic acids is 1. The van der Waals surface area contributed by atoms with Crippen molar-refractivity contribution < 1.29 is 4.79 Å². The molecule has 0 spiro atoms. The van der Waals surface area contributed by atoms with Gasteiger partial charge < -0.3 is 4.90 Å². The van der Waals surface area contributed by atoms with E-state index in [1.54, 1.807) is 9.42 Å². The molecule has 156 valence electrons. The molecule has 2 fully saturated rings. The van der Waals surface area contributed by atoms with E-state index in [1.807, 2.05) is 13.8 Å². The number of piperidine rings is 1. The Labute approximate surface area is 171 Å². The van der Waals surface area contributed by atoms with Crippen LogP contribution in [0.25, 0.3) is 5.65 Å². The van der Waals surface area contributed by atoms with Gasteiger partial charge in [-0.1, -0.05) is 20.3 Å².